The molecule has 2 aliphatic heterocycles. The summed E-state index contributed by atoms with van der Waals surface area (Å²) in [5, 5.41) is 9.22. The quantitative estimate of drug-likeness (QED) is 0.622. The number of anilines is 3. The van der Waals surface area contributed by atoms with E-state index in [0.717, 1.165) is 38.1 Å². The van der Waals surface area contributed by atoms with Gasteiger partial charge in [-0.05, 0) is 49.9 Å². The number of hydrogen-bond donors (Lipinski definition) is 3. The Balaban J connectivity index is 1.36. The lowest BCUT2D eigenvalue weighted by atomic mass is 10.0. The van der Waals surface area contributed by atoms with Crippen molar-refractivity contribution in [3.63, 3.8) is 0 Å². The van der Waals surface area contributed by atoms with E-state index in [-0.39, 0.29) is 17.9 Å². The number of aryl methyl sites for hydroxylation is 1. The van der Waals surface area contributed by atoms with E-state index in [4.69, 9.17) is 4.74 Å². The molecule has 7 nitrogen and oxygen atoms in total. The highest BCUT2D eigenvalue weighted by Gasteiger charge is 2.22. The molecule has 3 N–H and O–H groups in total. The second-order valence-corrected chi connectivity index (χ2v) is 8.22. The Morgan fingerprint density at radius 2 is 2.16 bits per heavy atom. The highest BCUT2D eigenvalue weighted by molar-refractivity contribution is 6.06. The van der Waals surface area contributed by atoms with Gasteiger partial charge in [0, 0.05) is 43.9 Å². The number of carbonyl (C=O) groups excluding carboxylic acids is 2. The Bertz CT molecular complexity index is 975. The van der Waals surface area contributed by atoms with E-state index >= 15 is 0 Å². The second-order valence-electron chi connectivity index (χ2n) is 8.22. The third kappa shape index (κ3) is 4.76. The molecular formula is C24H30N4O3. The number of amides is 2. The molecule has 4 rings (SSSR count). The van der Waals surface area contributed by atoms with Crippen molar-refractivity contribution in [2.75, 3.05) is 42.3 Å². The maximum Gasteiger partial charge on any atom is 0.253 e. The molecule has 2 amide bonds. The van der Waals surface area contributed by atoms with Crippen LogP contribution in [0.2, 0.25) is 0 Å². The van der Waals surface area contributed by atoms with Gasteiger partial charge in [-0.15, -0.1) is 0 Å². The predicted octanol–water partition coefficient (Wildman–Crippen LogP) is 3.41. The average Bonchev–Trinajstić information content (AvgIpc) is 2.92. The lowest BCUT2D eigenvalue weighted by Gasteiger charge is -2.31. The van der Waals surface area contributed by atoms with E-state index in [1.165, 1.54) is 11.3 Å². The van der Waals surface area contributed by atoms with Crippen molar-refractivity contribution in [3.8, 4) is 5.75 Å². The minimum atomic E-state index is -0.131. The summed E-state index contributed by atoms with van der Waals surface area (Å²) in [6, 6.07) is 11.6. The molecule has 2 aliphatic rings. The van der Waals surface area contributed by atoms with Crippen molar-refractivity contribution in [1.82, 2.24) is 5.32 Å². The molecule has 0 bridgehead atoms. The molecule has 1 atom stereocenters. The summed E-state index contributed by atoms with van der Waals surface area (Å²) in [5.41, 5.74) is 4.49. The minimum Gasteiger partial charge on any atom is -0.497 e. The number of nitrogens with one attached hydrogen (secondary N) is 3. The van der Waals surface area contributed by atoms with Crippen LogP contribution in [0.5, 0.6) is 5.75 Å². The van der Waals surface area contributed by atoms with E-state index in [1.54, 1.807) is 19.2 Å². The molecule has 0 fully saturated rings. The highest BCUT2D eigenvalue weighted by Crippen LogP contribution is 2.31. The highest BCUT2D eigenvalue weighted by atomic mass is 16.5. The van der Waals surface area contributed by atoms with Gasteiger partial charge in [0.05, 0.1) is 24.0 Å². The largest absolute Gasteiger partial charge is 0.497 e. The number of hydrogen-bond acceptors (Lipinski definition) is 5. The molecular weight excluding hydrogens is 392 g/mol. The first kappa shape index (κ1) is 21.0. The smallest absolute Gasteiger partial charge is 0.253 e. The first-order valence-electron chi connectivity index (χ1n) is 10.9. The van der Waals surface area contributed by atoms with E-state index in [9.17, 15) is 9.59 Å². The van der Waals surface area contributed by atoms with Crippen LogP contribution in [0.15, 0.2) is 36.4 Å². The van der Waals surface area contributed by atoms with Gasteiger partial charge in [0.1, 0.15) is 5.75 Å². The Hall–Kier alpha value is -3.22. The maximum atomic E-state index is 12.9. The van der Waals surface area contributed by atoms with Crippen LogP contribution in [0.1, 0.15) is 42.1 Å². The van der Waals surface area contributed by atoms with Crippen molar-refractivity contribution in [2.45, 2.75) is 38.6 Å². The topological polar surface area (TPSA) is 82.7 Å². The first-order valence-corrected chi connectivity index (χ1v) is 10.9. The van der Waals surface area contributed by atoms with E-state index in [2.05, 4.69) is 33.0 Å². The van der Waals surface area contributed by atoms with Crippen LogP contribution in [-0.4, -0.2) is 44.6 Å². The summed E-state index contributed by atoms with van der Waals surface area (Å²) in [5.74, 6) is 0.695. The predicted molar refractivity (Wildman–Crippen MR) is 123 cm³/mol. The van der Waals surface area contributed by atoms with Gasteiger partial charge in [-0.1, -0.05) is 12.1 Å². The van der Waals surface area contributed by atoms with Crippen molar-refractivity contribution in [3.05, 3.63) is 47.5 Å². The summed E-state index contributed by atoms with van der Waals surface area (Å²) in [6.07, 6.45) is 3.45. The molecule has 0 aliphatic carbocycles. The van der Waals surface area contributed by atoms with Crippen LogP contribution in [-0.2, 0) is 11.2 Å². The number of fused-ring (bicyclic) bond motifs is 2. The zero-order valence-electron chi connectivity index (χ0n) is 18.2. The third-order valence-corrected chi connectivity index (χ3v) is 5.86. The van der Waals surface area contributed by atoms with Crippen LogP contribution in [0.25, 0.3) is 0 Å². The van der Waals surface area contributed by atoms with Gasteiger partial charge in [0.2, 0.25) is 5.91 Å². The fraction of sp³-hybridized carbons (Fsp3) is 0.417. The van der Waals surface area contributed by atoms with Gasteiger partial charge < -0.3 is 25.6 Å². The van der Waals surface area contributed by atoms with Crippen LogP contribution in [0, 0.1) is 0 Å². The zero-order chi connectivity index (χ0) is 21.8. The third-order valence-electron chi connectivity index (χ3n) is 5.86. The summed E-state index contributed by atoms with van der Waals surface area (Å²) < 4.78 is 5.39. The molecule has 2 heterocycles. The van der Waals surface area contributed by atoms with Gasteiger partial charge in [0.15, 0.2) is 0 Å². The number of nitrogens with zero attached hydrogens (tertiary/aromatic N) is 1. The van der Waals surface area contributed by atoms with Gasteiger partial charge >= 0.3 is 0 Å². The Morgan fingerprint density at radius 1 is 1.29 bits per heavy atom. The van der Waals surface area contributed by atoms with Crippen LogP contribution < -0.4 is 25.6 Å². The molecule has 0 saturated carbocycles. The summed E-state index contributed by atoms with van der Waals surface area (Å²) in [4.78, 5) is 27.2. The number of carbonyl (C=O) groups is 2. The maximum absolute atomic E-state index is 12.9. The number of rotatable bonds is 6. The van der Waals surface area contributed by atoms with Crippen molar-refractivity contribution >= 4 is 28.9 Å². The molecule has 0 unspecified atom stereocenters. The SMILES string of the molecule is COc1ccc2c(c1)N(CCCNC(=O)c1cccc3c1N[C@H](C)CC(=O)N3)CCC2. The molecule has 0 aromatic heterocycles. The molecule has 0 spiro atoms. The van der Waals surface area contributed by atoms with Gasteiger partial charge in [-0.25, -0.2) is 0 Å². The Labute approximate surface area is 183 Å². The van der Waals surface area contributed by atoms with Gasteiger partial charge in [0.25, 0.3) is 5.91 Å². The average molecular weight is 423 g/mol. The Kier molecular flexibility index (Phi) is 6.30. The number of benzene rings is 2. The van der Waals surface area contributed by atoms with E-state index in [0.29, 0.717) is 29.9 Å². The van der Waals surface area contributed by atoms with E-state index in [1.807, 2.05) is 19.1 Å². The molecule has 2 aromatic rings. The molecule has 31 heavy (non-hydrogen) atoms. The summed E-state index contributed by atoms with van der Waals surface area (Å²) in [6.45, 7) is 4.41. The van der Waals surface area contributed by atoms with Crippen LogP contribution in [0.4, 0.5) is 17.1 Å². The second kappa shape index (κ2) is 9.29. The standard InChI is InChI=1S/C24H30N4O3/c1-16-14-22(29)27-20-8-3-7-19(23(20)26-16)24(30)25-11-5-13-28-12-4-6-17-9-10-18(31-2)15-21(17)28/h3,7-10,15-16,26H,4-6,11-14H2,1-2H3,(H,25,30)(H,27,29)/t16-/m1/s1. The van der Waals surface area contributed by atoms with Gasteiger partial charge in [-0.2, -0.15) is 0 Å². The number of ether oxygens (including phenoxy) is 1. The van der Waals surface area contributed by atoms with Crippen molar-refractivity contribution < 1.29 is 14.3 Å². The normalized spacial score (nSPS) is 17.5. The lowest BCUT2D eigenvalue weighted by Crippen LogP contribution is -2.33. The molecule has 2 aromatic carbocycles. The number of para-hydroxylation sites is 1. The molecule has 0 saturated heterocycles. The van der Waals surface area contributed by atoms with Crippen molar-refractivity contribution in [2.24, 2.45) is 0 Å². The monoisotopic (exact) mass is 422 g/mol. The molecule has 164 valence electrons. The van der Waals surface area contributed by atoms with E-state index < -0.39 is 0 Å². The summed E-state index contributed by atoms with van der Waals surface area (Å²) >= 11 is 0. The fourth-order valence-electron chi connectivity index (χ4n) is 4.33. The summed E-state index contributed by atoms with van der Waals surface area (Å²) in [7, 11) is 1.69. The number of methoxy groups -OCH3 is 1. The fourth-order valence-corrected chi connectivity index (χ4v) is 4.33. The Morgan fingerprint density at radius 3 is 3.00 bits per heavy atom. The minimum absolute atomic E-state index is 0.0358. The van der Waals surface area contributed by atoms with Crippen LogP contribution >= 0.6 is 0 Å². The molecule has 7 heteroatoms. The first-order chi connectivity index (χ1) is 15.0. The van der Waals surface area contributed by atoms with Gasteiger partial charge in [-0.3, -0.25) is 9.59 Å². The van der Waals surface area contributed by atoms with Crippen LogP contribution in [0.3, 0.4) is 0 Å². The zero-order valence-corrected chi connectivity index (χ0v) is 18.2. The molecule has 0 radical (unpaired) electrons. The van der Waals surface area contributed by atoms with Crippen molar-refractivity contribution in [1.29, 1.82) is 0 Å². The lowest BCUT2D eigenvalue weighted by molar-refractivity contribution is -0.116.